The molecule has 2 heteroatoms. The Morgan fingerprint density at radius 1 is 0.375 bits per heavy atom. The van der Waals surface area contributed by atoms with Gasteiger partial charge in [0.15, 0.2) is 0 Å². The predicted octanol–water partition coefficient (Wildman–Crippen LogP) is 9.95. The van der Waals surface area contributed by atoms with Gasteiger partial charge in [-0.25, -0.2) is 4.98 Å². The molecule has 0 radical (unpaired) electrons. The van der Waals surface area contributed by atoms with Gasteiger partial charge in [0.1, 0.15) is 0 Å². The van der Waals surface area contributed by atoms with Crippen LogP contribution in [0.25, 0.3) is 77.9 Å². The van der Waals surface area contributed by atoms with E-state index in [1.807, 2.05) is 18.3 Å². The average molecular weight is 509 g/mol. The van der Waals surface area contributed by atoms with E-state index in [2.05, 4.69) is 127 Å². The molecule has 7 aromatic rings. The Balaban J connectivity index is 1.57. The number of aromatic nitrogens is 2. The largest absolute Gasteiger partial charge is 0.256 e. The van der Waals surface area contributed by atoms with Gasteiger partial charge in [-0.05, 0) is 39.6 Å². The van der Waals surface area contributed by atoms with Crippen LogP contribution in [0.1, 0.15) is 0 Å². The molecule has 2 nitrogen and oxygen atoms in total. The average Bonchev–Trinajstić information content (AvgIpc) is 3.37. The molecule has 2 heterocycles. The first-order chi connectivity index (χ1) is 19.9. The molecule has 0 spiro atoms. The van der Waals surface area contributed by atoms with Crippen molar-refractivity contribution in [3.8, 4) is 67.2 Å². The van der Waals surface area contributed by atoms with E-state index in [-0.39, 0.29) is 0 Å². The van der Waals surface area contributed by atoms with Gasteiger partial charge < -0.3 is 0 Å². The van der Waals surface area contributed by atoms with Crippen molar-refractivity contribution in [1.29, 1.82) is 0 Å². The van der Waals surface area contributed by atoms with Crippen LogP contribution < -0.4 is 0 Å². The summed E-state index contributed by atoms with van der Waals surface area (Å²) in [6.45, 7) is 0. The Labute approximate surface area is 233 Å². The highest BCUT2D eigenvalue weighted by Gasteiger charge is 2.31. The fourth-order valence-corrected chi connectivity index (χ4v) is 6.20. The molecule has 0 aliphatic heterocycles. The minimum absolute atomic E-state index is 0.936. The molecule has 2 aromatic heterocycles. The number of pyridine rings is 2. The van der Waals surface area contributed by atoms with Gasteiger partial charge in [-0.3, -0.25) is 4.98 Å². The lowest BCUT2D eigenvalue weighted by atomic mass is 9.86. The van der Waals surface area contributed by atoms with E-state index >= 15 is 0 Å². The number of hydrogen-bond acceptors (Lipinski definition) is 2. The normalized spacial score (nSPS) is 11.5. The molecule has 0 fully saturated rings. The fourth-order valence-electron chi connectivity index (χ4n) is 6.20. The SMILES string of the molecule is c1ccc(-c2nc(-c3ccccc3-c3ccccn3)c(-c3ccccc3)c3c2-c2cccc4cccc-3c24)cc1. The second-order valence-corrected chi connectivity index (χ2v) is 10.1. The van der Waals surface area contributed by atoms with Crippen molar-refractivity contribution in [2.45, 2.75) is 0 Å². The van der Waals surface area contributed by atoms with Gasteiger partial charge in [-0.2, -0.15) is 0 Å². The van der Waals surface area contributed by atoms with Gasteiger partial charge >= 0.3 is 0 Å². The molecule has 0 saturated carbocycles. The predicted molar refractivity (Wildman–Crippen MR) is 166 cm³/mol. The molecule has 0 unspecified atom stereocenters. The fraction of sp³-hybridized carbons (Fsp3) is 0. The van der Waals surface area contributed by atoms with E-state index in [4.69, 9.17) is 9.97 Å². The number of rotatable bonds is 4. The molecule has 5 aromatic carbocycles. The quantitative estimate of drug-likeness (QED) is 0.236. The maximum atomic E-state index is 5.59. The first-order valence-corrected chi connectivity index (χ1v) is 13.6. The summed E-state index contributed by atoms with van der Waals surface area (Å²) < 4.78 is 0. The van der Waals surface area contributed by atoms with Crippen molar-refractivity contribution >= 4 is 10.8 Å². The zero-order valence-electron chi connectivity index (χ0n) is 21.8. The molecule has 0 N–H and O–H groups in total. The molecule has 0 saturated heterocycles. The van der Waals surface area contributed by atoms with Crippen molar-refractivity contribution in [2.75, 3.05) is 0 Å². The lowest BCUT2D eigenvalue weighted by Crippen LogP contribution is -2.00. The van der Waals surface area contributed by atoms with E-state index < -0.39 is 0 Å². The van der Waals surface area contributed by atoms with Gasteiger partial charge in [-0.15, -0.1) is 0 Å². The summed E-state index contributed by atoms with van der Waals surface area (Å²) in [5, 5.41) is 2.55. The maximum Gasteiger partial charge on any atom is 0.0801 e. The molecule has 0 atom stereocenters. The molecular weight excluding hydrogens is 484 g/mol. The van der Waals surface area contributed by atoms with Crippen LogP contribution >= 0.6 is 0 Å². The van der Waals surface area contributed by atoms with Crippen LogP contribution in [0.2, 0.25) is 0 Å². The first kappa shape index (κ1) is 22.6. The molecule has 0 bridgehead atoms. The van der Waals surface area contributed by atoms with Crippen LogP contribution in [0.3, 0.4) is 0 Å². The summed E-state index contributed by atoms with van der Waals surface area (Å²) in [5.41, 5.74) is 13.4. The number of fused-ring (bicyclic) bond motifs is 3. The van der Waals surface area contributed by atoms with E-state index in [1.165, 1.54) is 33.0 Å². The van der Waals surface area contributed by atoms with Crippen LogP contribution in [0, 0.1) is 0 Å². The summed E-state index contributed by atoms with van der Waals surface area (Å²) in [7, 11) is 0. The molecule has 8 rings (SSSR count). The Morgan fingerprint density at radius 2 is 0.975 bits per heavy atom. The highest BCUT2D eigenvalue weighted by molar-refractivity contribution is 6.22. The van der Waals surface area contributed by atoms with E-state index in [9.17, 15) is 0 Å². The lowest BCUT2D eigenvalue weighted by Gasteiger charge is -2.21. The highest BCUT2D eigenvalue weighted by Crippen LogP contribution is 2.56. The Kier molecular flexibility index (Phi) is 5.17. The molecule has 1 aliphatic rings. The van der Waals surface area contributed by atoms with Crippen LogP contribution in [-0.4, -0.2) is 9.97 Å². The Hall–Kier alpha value is -5.34. The van der Waals surface area contributed by atoms with Crippen LogP contribution in [0.4, 0.5) is 0 Å². The monoisotopic (exact) mass is 508 g/mol. The Morgan fingerprint density at radius 3 is 1.68 bits per heavy atom. The summed E-state index contributed by atoms with van der Waals surface area (Å²) in [5.74, 6) is 0. The smallest absolute Gasteiger partial charge is 0.0801 e. The van der Waals surface area contributed by atoms with E-state index in [0.29, 0.717) is 0 Å². The highest BCUT2D eigenvalue weighted by atomic mass is 14.7. The van der Waals surface area contributed by atoms with Gasteiger partial charge in [0.25, 0.3) is 0 Å². The van der Waals surface area contributed by atoms with Gasteiger partial charge in [0.05, 0.1) is 17.1 Å². The van der Waals surface area contributed by atoms with Gasteiger partial charge in [0.2, 0.25) is 0 Å². The number of nitrogens with zero attached hydrogens (tertiary/aromatic N) is 2. The van der Waals surface area contributed by atoms with Crippen molar-refractivity contribution in [1.82, 2.24) is 9.97 Å². The van der Waals surface area contributed by atoms with Crippen molar-refractivity contribution < 1.29 is 0 Å². The van der Waals surface area contributed by atoms with Gasteiger partial charge in [0, 0.05) is 39.6 Å². The topological polar surface area (TPSA) is 25.8 Å². The van der Waals surface area contributed by atoms with Crippen LogP contribution in [0.15, 0.2) is 146 Å². The number of hydrogen-bond donors (Lipinski definition) is 0. The summed E-state index contributed by atoms with van der Waals surface area (Å²) in [6.07, 6.45) is 1.85. The zero-order valence-corrected chi connectivity index (χ0v) is 21.8. The summed E-state index contributed by atoms with van der Waals surface area (Å²) in [6, 6.07) is 49.2. The molecule has 1 aliphatic carbocycles. The van der Waals surface area contributed by atoms with Crippen molar-refractivity contribution in [3.05, 3.63) is 146 Å². The lowest BCUT2D eigenvalue weighted by molar-refractivity contribution is 1.30. The molecular formula is C38H24N2. The number of benzene rings is 5. The minimum atomic E-state index is 0.936. The second kappa shape index (κ2) is 9.14. The molecule has 0 amide bonds. The molecule has 186 valence electrons. The van der Waals surface area contributed by atoms with Crippen LogP contribution in [-0.2, 0) is 0 Å². The van der Waals surface area contributed by atoms with Crippen LogP contribution in [0.5, 0.6) is 0 Å². The third-order valence-corrected chi connectivity index (χ3v) is 7.87. The van der Waals surface area contributed by atoms with Crippen molar-refractivity contribution in [2.24, 2.45) is 0 Å². The third kappa shape index (κ3) is 3.43. The second-order valence-electron chi connectivity index (χ2n) is 10.1. The summed E-state index contributed by atoms with van der Waals surface area (Å²) >= 11 is 0. The van der Waals surface area contributed by atoms with E-state index in [1.54, 1.807) is 0 Å². The minimum Gasteiger partial charge on any atom is -0.256 e. The van der Waals surface area contributed by atoms with E-state index in [0.717, 1.165) is 44.9 Å². The first-order valence-electron chi connectivity index (χ1n) is 13.6. The summed E-state index contributed by atoms with van der Waals surface area (Å²) in [4.78, 5) is 10.3. The molecule has 40 heavy (non-hydrogen) atoms. The van der Waals surface area contributed by atoms with Crippen molar-refractivity contribution in [3.63, 3.8) is 0 Å². The maximum absolute atomic E-state index is 5.59. The zero-order chi connectivity index (χ0) is 26.5. The van der Waals surface area contributed by atoms with Gasteiger partial charge in [-0.1, -0.05) is 127 Å². The standard InChI is InChI=1S/C38H24N2/c1-3-13-26(14-4-1)34-35-30-21-11-17-25-18-12-22-31(33(25)30)36(35)37(27-15-5-2-6-16-27)40-38(34)29-20-8-7-19-28(29)32-23-9-10-24-39-32/h1-24H. The third-order valence-electron chi connectivity index (χ3n) is 7.87. The Bertz CT molecular complexity index is 2020.